The monoisotopic (exact) mass is 415 g/mol. The first-order valence-corrected chi connectivity index (χ1v) is 12.3. The Bertz CT molecular complexity index is 811. The van der Waals surface area contributed by atoms with Gasteiger partial charge in [-0.3, -0.25) is 9.59 Å². The summed E-state index contributed by atoms with van der Waals surface area (Å²) in [6.45, 7) is 6.47. The first-order valence-electron chi connectivity index (χ1n) is 11.0. The van der Waals surface area contributed by atoms with Crippen molar-refractivity contribution in [2.24, 2.45) is 11.3 Å². The van der Waals surface area contributed by atoms with Crippen molar-refractivity contribution in [3.8, 4) is 0 Å². The number of nitrogens with one attached hydrogen (secondary N) is 1. The fourth-order valence-electron chi connectivity index (χ4n) is 6.44. The topological polar surface area (TPSA) is 55.4 Å². The van der Waals surface area contributed by atoms with E-state index in [1.165, 1.54) is 11.1 Å². The van der Waals surface area contributed by atoms with Gasteiger partial charge in [0.25, 0.3) is 0 Å². The molecule has 5 heteroatoms. The number of carbonyl (C=O) groups excluding carboxylic acids is 2. The quantitative estimate of drug-likeness (QED) is 0.541. The SMILES string of the molecule is CCOC(=O)C1(C(=O)CC(C)SC)CC2C3Cc4ccccc4C2(CC)CC1N3. The average Bonchev–Trinajstić information content (AvgIpc) is 2.73. The second kappa shape index (κ2) is 7.73. The number of fused-ring (bicyclic) bond motifs is 2. The molecular formula is C24H33NO3S. The summed E-state index contributed by atoms with van der Waals surface area (Å²) in [6, 6.07) is 8.97. The molecular weight excluding hydrogens is 382 g/mol. The van der Waals surface area contributed by atoms with Crippen molar-refractivity contribution in [1.82, 2.24) is 5.32 Å². The first kappa shape index (κ1) is 20.9. The number of ketones is 1. The maximum atomic E-state index is 13.6. The van der Waals surface area contributed by atoms with Crippen LogP contribution in [0.2, 0.25) is 0 Å². The third-order valence-corrected chi connectivity index (χ3v) is 8.92. The van der Waals surface area contributed by atoms with Gasteiger partial charge in [0, 0.05) is 29.2 Å². The molecule has 0 spiro atoms. The van der Waals surface area contributed by atoms with E-state index in [9.17, 15) is 9.59 Å². The van der Waals surface area contributed by atoms with Gasteiger partial charge in [0.2, 0.25) is 0 Å². The summed E-state index contributed by atoms with van der Waals surface area (Å²) in [4.78, 5) is 26.9. The molecule has 1 saturated carbocycles. The molecule has 1 aromatic rings. The van der Waals surface area contributed by atoms with Crippen LogP contribution in [0.4, 0.5) is 0 Å². The molecule has 6 unspecified atom stereocenters. The maximum absolute atomic E-state index is 13.6. The highest BCUT2D eigenvalue weighted by atomic mass is 32.2. The second-order valence-electron chi connectivity index (χ2n) is 9.08. The Labute approximate surface area is 178 Å². The van der Waals surface area contributed by atoms with Gasteiger partial charge in [0.1, 0.15) is 5.41 Å². The number of piperidine rings is 2. The third-order valence-electron chi connectivity index (χ3n) is 7.95. The van der Waals surface area contributed by atoms with Crippen molar-refractivity contribution in [3.63, 3.8) is 0 Å². The Morgan fingerprint density at radius 3 is 2.69 bits per heavy atom. The molecule has 1 N–H and O–H groups in total. The Hall–Kier alpha value is -1.33. The van der Waals surface area contributed by atoms with Crippen LogP contribution in [0.1, 0.15) is 57.6 Å². The molecule has 3 fully saturated rings. The lowest BCUT2D eigenvalue weighted by atomic mass is 9.44. The predicted octanol–water partition coefficient (Wildman–Crippen LogP) is 3.90. The van der Waals surface area contributed by atoms with Gasteiger partial charge in [-0.2, -0.15) is 11.8 Å². The van der Waals surface area contributed by atoms with Gasteiger partial charge in [-0.1, -0.05) is 38.1 Å². The zero-order valence-corrected chi connectivity index (χ0v) is 18.8. The fraction of sp³-hybridized carbons (Fsp3) is 0.667. The van der Waals surface area contributed by atoms with Crippen LogP contribution >= 0.6 is 11.8 Å². The summed E-state index contributed by atoms with van der Waals surface area (Å²) in [7, 11) is 0. The van der Waals surface area contributed by atoms with Crippen molar-refractivity contribution in [2.75, 3.05) is 12.9 Å². The number of thioether (sulfide) groups is 1. The number of carbonyl (C=O) groups is 2. The molecule has 2 aliphatic heterocycles. The number of esters is 1. The summed E-state index contributed by atoms with van der Waals surface area (Å²) in [5.74, 6) is 0.0421. The minimum absolute atomic E-state index is 0.0524. The average molecular weight is 416 g/mol. The minimum atomic E-state index is -1.04. The summed E-state index contributed by atoms with van der Waals surface area (Å²) in [6.07, 6.45) is 5.92. The normalized spacial score (nSPS) is 35.7. The van der Waals surface area contributed by atoms with Crippen LogP contribution in [-0.2, 0) is 26.2 Å². The van der Waals surface area contributed by atoms with Crippen LogP contribution in [0, 0.1) is 11.3 Å². The van der Waals surface area contributed by atoms with E-state index >= 15 is 0 Å². The number of ether oxygens (including phenoxy) is 1. The number of hydrogen-bond acceptors (Lipinski definition) is 5. The van der Waals surface area contributed by atoms with Crippen LogP contribution in [0.5, 0.6) is 0 Å². The molecule has 4 aliphatic rings. The maximum Gasteiger partial charge on any atom is 0.321 e. The van der Waals surface area contributed by atoms with Crippen molar-refractivity contribution in [2.45, 2.75) is 75.6 Å². The molecule has 6 atom stereocenters. The van der Waals surface area contributed by atoms with Crippen LogP contribution in [0.15, 0.2) is 24.3 Å². The molecule has 2 saturated heterocycles. The molecule has 5 rings (SSSR count). The lowest BCUT2D eigenvalue weighted by Crippen LogP contribution is -2.74. The highest BCUT2D eigenvalue weighted by Crippen LogP contribution is 2.60. The minimum Gasteiger partial charge on any atom is -0.465 e. The third kappa shape index (κ3) is 2.99. The zero-order valence-electron chi connectivity index (χ0n) is 18.0. The van der Waals surface area contributed by atoms with E-state index in [4.69, 9.17) is 4.74 Å². The van der Waals surface area contributed by atoms with Crippen molar-refractivity contribution in [3.05, 3.63) is 35.4 Å². The molecule has 0 radical (unpaired) electrons. The van der Waals surface area contributed by atoms with E-state index in [0.717, 1.165) is 19.3 Å². The number of benzene rings is 1. The van der Waals surface area contributed by atoms with Gasteiger partial charge in [-0.25, -0.2) is 0 Å². The second-order valence-corrected chi connectivity index (χ2v) is 10.4. The highest BCUT2D eigenvalue weighted by molar-refractivity contribution is 7.99. The van der Waals surface area contributed by atoms with Crippen molar-refractivity contribution in [1.29, 1.82) is 0 Å². The largest absolute Gasteiger partial charge is 0.465 e. The summed E-state index contributed by atoms with van der Waals surface area (Å²) in [5, 5.41) is 3.96. The van der Waals surface area contributed by atoms with Gasteiger partial charge in [0.05, 0.1) is 6.61 Å². The lowest BCUT2D eigenvalue weighted by Gasteiger charge is -2.64. The van der Waals surface area contributed by atoms with E-state index in [1.807, 2.05) is 13.2 Å². The van der Waals surface area contributed by atoms with Crippen LogP contribution in [0.3, 0.4) is 0 Å². The van der Waals surface area contributed by atoms with E-state index in [0.29, 0.717) is 25.5 Å². The molecule has 0 aromatic heterocycles. The molecule has 0 amide bonds. The Morgan fingerprint density at radius 2 is 2.03 bits per heavy atom. The van der Waals surface area contributed by atoms with Gasteiger partial charge >= 0.3 is 5.97 Å². The van der Waals surface area contributed by atoms with E-state index in [1.54, 1.807) is 11.8 Å². The smallest absolute Gasteiger partial charge is 0.321 e. The summed E-state index contributed by atoms with van der Waals surface area (Å²) < 4.78 is 5.53. The molecule has 4 nitrogen and oxygen atoms in total. The van der Waals surface area contributed by atoms with Gasteiger partial charge < -0.3 is 10.1 Å². The predicted molar refractivity (Wildman–Crippen MR) is 117 cm³/mol. The van der Waals surface area contributed by atoms with E-state index < -0.39 is 5.41 Å². The van der Waals surface area contributed by atoms with Gasteiger partial charge in [-0.15, -0.1) is 0 Å². The van der Waals surface area contributed by atoms with Crippen molar-refractivity contribution >= 4 is 23.5 Å². The fourth-order valence-corrected chi connectivity index (χ4v) is 6.76. The van der Waals surface area contributed by atoms with Crippen LogP contribution in [-0.4, -0.2) is 41.9 Å². The standard InChI is InChI=1S/C24H33NO3S/c1-5-23-14-20-24(22(27)28-6-2,21(26)11-15(3)29-4)13-18(23)19(25-20)12-16-9-7-8-10-17(16)23/h7-10,15,18-20,25H,5-6,11-14H2,1-4H3. The Morgan fingerprint density at radius 1 is 1.28 bits per heavy atom. The Kier molecular flexibility index (Phi) is 5.58. The van der Waals surface area contributed by atoms with Crippen LogP contribution in [0.25, 0.3) is 0 Å². The molecule has 29 heavy (non-hydrogen) atoms. The number of rotatable bonds is 7. The van der Waals surface area contributed by atoms with Crippen molar-refractivity contribution < 1.29 is 14.3 Å². The van der Waals surface area contributed by atoms with Crippen LogP contribution < -0.4 is 5.32 Å². The highest BCUT2D eigenvalue weighted by Gasteiger charge is 2.67. The Balaban J connectivity index is 1.76. The number of Topliss-reactive ketones (excluding diaryl/α,β-unsaturated/α-hetero) is 1. The molecule has 1 aromatic carbocycles. The molecule has 2 heterocycles. The van der Waals surface area contributed by atoms with Gasteiger partial charge in [0.15, 0.2) is 5.78 Å². The molecule has 4 bridgehead atoms. The van der Waals surface area contributed by atoms with E-state index in [-0.39, 0.29) is 34.4 Å². The molecule has 158 valence electrons. The summed E-state index contributed by atoms with van der Waals surface area (Å²) in [5.41, 5.74) is 1.88. The number of hydrogen-bond donors (Lipinski definition) is 1. The molecule has 2 aliphatic carbocycles. The van der Waals surface area contributed by atoms with E-state index in [2.05, 4.69) is 43.4 Å². The zero-order chi connectivity index (χ0) is 20.8. The lowest BCUT2D eigenvalue weighted by molar-refractivity contribution is -0.175. The first-order chi connectivity index (χ1) is 13.9. The summed E-state index contributed by atoms with van der Waals surface area (Å²) >= 11 is 1.68. The van der Waals surface area contributed by atoms with Gasteiger partial charge in [-0.05, 0) is 55.9 Å².